The topological polar surface area (TPSA) is 77.8 Å². The molecule has 1 aliphatic rings. The fraction of sp³-hybridized carbons (Fsp3) is 0.207. The highest BCUT2D eigenvalue weighted by Gasteiger charge is 2.30. The molecule has 5 rings (SSSR count). The second-order valence-electron chi connectivity index (χ2n) is 9.30. The Morgan fingerprint density at radius 2 is 1.73 bits per heavy atom. The average Bonchev–Trinajstić information content (AvgIpc) is 3.49. The van der Waals surface area contributed by atoms with Gasteiger partial charge in [-0.05, 0) is 74.0 Å². The second kappa shape index (κ2) is 10.9. The lowest BCUT2D eigenvalue weighted by atomic mass is 10.1. The predicted molar refractivity (Wildman–Crippen MR) is 149 cm³/mol. The number of hydrogen-bond acceptors (Lipinski definition) is 5. The van der Waals surface area contributed by atoms with Crippen molar-refractivity contribution in [3.05, 3.63) is 100 Å². The second-order valence-corrected chi connectivity index (χ2v) is 11.7. The number of methoxy groups -OCH3 is 1. The Kier molecular flexibility index (Phi) is 7.57. The number of sulfonamides is 1. The molecule has 40 heavy (non-hydrogen) atoms. The molecule has 0 atom stereocenters. The van der Waals surface area contributed by atoms with Crippen molar-refractivity contribution in [3.8, 4) is 22.7 Å². The standard InChI is InChI=1S/C29H25ClF2N2O5S/c1-18-7-9-27(23-15-20(30)8-10-28(23)39-17-24-25(31)5-3-6-26(24)32)34(18)22-14-19(29(35)38-2)13-21(16-22)33-11-4-12-40(33,36)37/h3,5-10,13-16H,4,11-12,17H2,1-2H3. The predicted octanol–water partition coefficient (Wildman–Crippen LogP) is 6.29. The van der Waals surface area contributed by atoms with E-state index in [9.17, 15) is 22.0 Å². The molecule has 208 valence electrons. The molecule has 7 nitrogen and oxygen atoms in total. The van der Waals surface area contributed by atoms with Crippen molar-refractivity contribution in [1.29, 1.82) is 0 Å². The van der Waals surface area contributed by atoms with Gasteiger partial charge < -0.3 is 14.0 Å². The molecule has 1 fully saturated rings. The number of aromatic nitrogens is 1. The van der Waals surface area contributed by atoms with E-state index in [4.69, 9.17) is 21.1 Å². The molecular weight excluding hydrogens is 562 g/mol. The monoisotopic (exact) mass is 586 g/mol. The molecule has 0 spiro atoms. The molecule has 11 heteroatoms. The summed E-state index contributed by atoms with van der Waals surface area (Å²) in [7, 11) is -2.28. The normalized spacial score (nSPS) is 14.4. The highest BCUT2D eigenvalue weighted by atomic mass is 35.5. The number of esters is 1. The van der Waals surface area contributed by atoms with Gasteiger partial charge in [0.15, 0.2) is 0 Å². The molecule has 1 aliphatic heterocycles. The zero-order valence-electron chi connectivity index (χ0n) is 21.7. The van der Waals surface area contributed by atoms with E-state index in [0.717, 1.165) is 17.8 Å². The molecular formula is C29H25ClF2N2O5S. The van der Waals surface area contributed by atoms with Crippen molar-refractivity contribution in [2.45, 2.75) is 20.0 Å². The van der Waals surface area contributed by atoms with Gasteiger partial charge in [0, 0.05) is 28.5 Å². The Labute approximate surface area is 235 Å². The molecule has 2 heterocycles. The Bertz CT molecular complexity index is 1700. The van der Waals surface area contributed by atoms with Crippen LogP contribution in [0, 0.1) is 18.6 Å². The smallest absolute Gasteiger partial charge is 0.337 e. The summed E-state index contributed by atoms with van der Waals surface area (Å²) in [5.41, 5.74) is 2.69. The Hall–Kier alpha value is -3.89. The van der Waals surface area contributed by atoms with Gasteiger partial charge in [-0.3, -0.25) is 4.31 Å². The van der Waals surface area contributed by atoms with Crippen LogP contribution in [-0.4, -0.2) is 38.4 Å². The van der Waals surface area contributed by atoms with Gasteiger partial charge in [0.05, 0.1) is 35.4 Å². The summed E-state index contributed by atoms with van der Waals surface area (Å²) in [5.74, 6) is -1.73. The van der Waals surface area contributed by atoms with Gasteiger partial charge in [-0.25, -0.2) is 22.0 Å². The van der Waals surface area contributed by atoms with Crippen LogP contribution in [0.15, 0.2) is 66.7 Å². The maximum absolute atomic E-state index is 14.3. The fourth-order valence-electron chi connectivity index (χ4n) is 4.77. The first-order valence-electron chi connectivity index (χ1n) is 12.4. The van der Waals surface area contributed by atoms with Crippen molar-refractivity contribution >= 4 is 33.3 Å². The van der Waals surface area contributed by atoms with E-state index in [2.05, 4.69) is 0 Å². The van der Waals surface area contributed by atoms with Crippen LogP contribution in [0.4, 0.5) is 14.5 Å². The van der Waals surface area contributed by atoms with Crippen LogP contribution in [0.2, 0.25) is 5.02 Å². The quantitative estimate of drug-likeness (QED) is 0.238. The van der Waals surface area contributed by atoms with E-state index in [1.54, 1.807) is 30.3 Å². The van der Waals surface area contributed by atoms with Gasteiger partial charge in [-0.15, -0.1) is 0 Å². The summed E-state index contributed by atoms with van der Waals surface area (Å²) >= 11 is 6.35. The van der Waals surface area contributed by atoms with E-state index < -0.39 is 27.6 Å². The summed E-state index contributed by atoms with van der Waals surface area (Å²) in [6, 6.07) is 16.9. The van der Waals surface area contributed by atoms with E-state index in [-0.39, 0.29) is 23.5 Å². The minimum absolute atomic E-state index is 0.0183. The SMILES string of the molecule is COC(=O)c1cc(N2CCCS2(=O)=O)cc(-n2c(C)ccc2-c2cc(Cl)ccc2OCc2c(F)cccc2F)c1. The molecule has 4 aromatic rings. The summed E-state index contributed by atoms with van der Waals surface area (Å²) in [6.45, 7) is 1.78. The van der Waals surface area contributed by atoms with Crippen molar-refractivity contribution < 1.29 is 31.5 Å². The highest BCUT2D eigenvalue weighted by Crippen LogP contribution is 2.37. The van der Waals surface area contributed by atoms with E-state index in [1.165, 1.54) is 23.5 Å². The van der Waals surface area contributed by atoms with Crippen molar-refractivity contribution in [3.63, 3.8) is 0 Å². The highest BCUT2D eigenvalue weighted by molar-refractivity contribution is 7.93. The largest absolute Gasteiger partial charge is 0.488 e. The van der Waals surface area contributed by atoms with Crippen molar-refractivity contribution in [1.82, 2.24) is 4.57 Å². The Morgan fingerprint density at radius 3 is 2.40 bits per heavy atom. The third kappa shape index (κ3) is 5.29. The third-order valence-electron chi connectivity index (χ3n) is 6.70. The summed E-state index contributed by atoms with van der Waals surface area (Å²) in [5, 5.41) is 0.400. The van der Waals surface area contributed by atoms with E-state index in [0.29, 0.717) is 46.4 Å². The summed E-state index contributed by atoms with van der Waals surface area (Å²) in [4.78, 5) is 12.6. The molecule has 0 amide bonds. The lowest BCUT2D eigenvalue weighted by Gasteiger charge is -2.21. The van der Waals surface area contributed by atoms with Crippen LogP contribution in [0.1, 0.15) is 28.0 Å². The lowest BCUT2D eigenvalue weighted by Crippen LogP contribution is -2.25. The molecule has 0 aliphatic carbocycles. The number of carbonyl (C=O) groups is 1. The number of aryl methyl sites for hydroxylation is 1. The Balaban J connectivity index is 1.63. The molecule has 0 bridgehead atoms. The van der Waals surface area contributed by atoms with Gasteiger partial charge in [0.2, 0.25) is 10.0 Å². The van der Waals surface area contributed by atoms with Crippen LogP contribution in [-0.2, 0) is 21.4 Å². The number of anilines is 1. The third-order valence-corrected chi connectivity index (χ3v) is 8.80. The van der Waals surface area contributed by atoms with Crippen molar-refractivity contribution in [2.75, 3.05) is 23.7 Å². The number of nitrogens with zero attached hydrogens (tertiary/aromatic N) is 2. The molecule has 0 saturated carbocycles. The first kappa shape index (κ1) is 27.7. The minimum Gasteiger partial charge on any atom is -0.488 e. The van der Waals surface area contributed by atoms with Gasteiger partial charge in [-0.1, -0.05) is 17.7 Å². The van der Waals surface area contributed by atoms with Gasteiger partial charge in [0.25, 0.3) is 0 Å². The minimum atomic E-state index is -3.53. The van der Waals surface area contributed by atoms with Gasteiger partial charge in [-0.2, -0.15) is 0 Å². The van der Waals surface area contributed by atoms with Crippen LogP contribution < -0.4 is 9.04 Å². The van der Waals surface area contributed by atoms with Crippen molar-refractivity contribution in [2.24, 2.45) is 0 Å². The fourth-order valence-corrected chi connectivity index (χ4v) is 6.49. The lowest BCUT2D eigenvalue weighted by molar-refractivity contribution is 0.0600. The summed E-state index contributed by atoms with van der Waals surface area (Å²) < 4.78 is 67.9. The summed E-state index contributed by atoms with van der Waals surface area (Å²) in [6.07, 6.45) is 0.472. The maximum Gasteiger partial charge on any atom is 0.337 e. The van der Waals surface area contributed by atoms with Crippen LogP contribution in [0.5, 0.6) is 5.75 Å². The maximum atomic E-state index is 14.3. The first-order chi connectivity index (χ1) is 19.1. The number of halogens is 3. The average molecular weight is 587 g/mol. The zero-order chi connectivity index (χ0) is 28.6. The molecule has 1 aromatic heterocycles. The number of benzene rings is 3. The molecule has 0 radical (unpaired) electrons. The van der Waals surface area contributed by atoms with Crippen LogP contribution >= 0.6 is 11.6 Å². The molecule has 3 aromatic carbocycles. The van der Waals surface area contributed by atoms with Gasteiger partial charge in [0.1, 0.15) is 24.0 Å². The molecule has 0 N–H and O–H groups in total. The number of carbonyl (C=O) groups excluding carboxylic acids is 1. The number of hydrogen-bond donors (Lipinski definition) is 0. The molecule has 1 saturated heterocycles. The van der Waals surface area contributed by atoms with Crippen LogP contribution in [0.25, 0.3) is 16.9 Å². The van der Waals surface area contributed by atoms with Crippen LogP contribution in [0.3, 0.4) is 0 Å². The van der Waals surface area contributed by atoms with Gasteiger partial charge >= 0.3 is 5.97 Å². The number of ether oxygens (including phenoxy) is 2. The first-order valence-corrected chi connectivity index (χ1v) is 14.4. The number of rotatable bonds is 7. The van der Waals surface area contributed by atoms with E-state index in [1.807, 2.05) is 23.6 Å². The van der Waals surface area contributed by atoms with E-state index >= 15 is 0 Å². The molecule has 0 unspecified atom stereocenters. The zero-order valence-corrected chi connectivity index (χ0v) is 23.2. The Morgan fingerprint density at radius 1 is 1.00 bits per heavy atom.